The molecule has 0 aliphatic carbocycles. The van der Waals surface area contributed by atoms with Crippen LogP contribution >= 0.6 is 0 Å². The zero-order valence-electron chi connectivity index (χ0n) is 16.3. The first-order valence-corrected chi connectivity index (χ1v) is 9.82. The summed E-state index contributed by atoms with van der Waals surface area (Å²) in [5.41, 5.74) is 4.47. The van der Waals surface area contributed by atoms with Gasteiger partial charge in [0, 0.05) is 24.5 Å². The summed E-state index contributed by atoms with van der Waals surface area (Å²) in [6.45, 7) is 6.12. The molecule has 0 radical (unpaired) electrons. The maximum absolute atomic E-state index is 12.7. The van der Waals surface area contributed by atoms with E-state index in [2.05, 4.69) is 15.2 Å². The van der Waals surface area contributed by atoms with Gasteiger partial charge in [-0.1, -0.05) is 11.6 Å². The molecule has 3 aromatic rings. The average Bonchev–Trinajstić information content (AvgIpc) is 2.69. The van der Waals surface area contributed by atoms with Gasteiger partial charge in [0.25, 0.3) is 11.5 Å². The van der Waals surface area contributed by atoms with E-state index in [4.69, 9.17) is 0 Å². The van der Waals surface area contributed by atoms with E-state index >= 15 is 0 Å². The molecule has 0 bridgehead atoms. The fourth-order valence-electron chi connectivity index (χ4n) is 3.96. The first-order valence-electron chi connectivity index (χ1n) is 9.82. The predicted octanol–water partition coefficient (Wildman–Crippen LogP) is 4.39. The number of aryl methyl sites for hydroxylation is 2. The summed E-state index contributed by atoms with van der Waals surface area (Å²) >= 11 is 0. The summed E-state index contributed by atoms with van der Waals surface area (Å²) in [5.74, 6) is -0.395. The second-order valence-electron chi connectivity index (χ2n) is 7.61. The van der Waals surface area contributed by atoms with Crippen LogP contribution in [-0.4, -0.2) is 24.0 Å². The Balaban J connectivity index is 1.56. The van der Waals surface area contributed by atoms with Crippen molar-refractivity contribution in [2.75, 3.05) is 23.3 Å². The van der Waals surface area contributed by atoms with Crippen LogP contribution in [0.2, 0.25) is 0 Å². The number of H-pyrrole nitrogens is 1. The number of aromatic nitrogens is 1. The van der Waals surface area contributed by atoms with E-state index in [0.717, 1.165) is 35.1 Å². The Morgan fingerprint density at radius 2 is 1.71 bits per heavy atom. The molecule has 1 aliphatic rings. The van der Waals surface area contributed by atoms with E-state index in [0.29, 0.717) is 5.69 Å². The lowest BCUT2D eigenvalue weighted by molar-refractivity contribution is 0.102. The monoisotopic (exact) mass is 375 g/mol. The van der Waals surface area contributed by atoms with Crippen molar-refractivity contribution in [1.82, 2.24) is 4.98 Å². The lowest BCUT2D eigenvalue weighted by atomic mass is 10.1. The van der Waals surface area contributed by atoms with Crippen molar-refractivity contribution in [3.8, 4) is 0 Å². The molecule has 5 heteroatoms. The molecule has 5 nitrogen and oxygen atoms in total. The standard InChI is InChI=1S/C23H25N3O2/c1-15-12-16(2)21-17(13-15)14-20(23(28)25-21)22(27)24-18-6-8-19(9-7-18)26-10-4-3-5-11-26/h6-9,12-14H,3-5,10-11H2,1-2H3,(H,24,27)(H,25,28). The summed E-state index contributed by atoms with van der Waals surface area (Å²) < 4.78 is 0. The summed E-state index contributed by atoms with van der Waals surface area (Å²) in [6.07, 6.45) is 3.74. The van der Waals surface area contributed by atoms with Crippen LogP contribution in [0.15, 0.2) is 47.3 Å². The first kappa shape index (κ1) is 18.3. The summed E-state index contributed by atoms with van der Waals surface area (Å²) in [4.78, 5) is 30.4. The lowest BCUT2D eigenvalue weighted by Gasteiger charge is -2.28. The van der Waals surface area contributed by atoms with Crippen LogP contribution < -0.4 is 15.8 Å². The molecule has 1 amide bonds. The number of hydrogen-bond acceptors (Lipinski definition) is 3. The van der Waals surface area contributed by atoms with Crippen LogP contribution in [0, 0.1) is 13.8 Å². The van der Waals surface area contributed by atoms with E-state index in [1.807, 2.05) is 50.2 Å². The number of pyridine rings is 1. The van der Waals surface area contributed by atoms with Gasteiger partial charge in [-0.3, -0.25) is 9.59 Å². The van der Waals surface area contributed by atoms with Crippen molar-refractivity contribution in [3.63, 3.8) is 0 Å². The van der Waals surface area contributed by atoms with Crippen LogP contribution in [0.3, 0.4) is 0 Å². The van der Waals surface area contributed by atoms with Crippen molar-refractivity contribution < 1.29 is 4.79 Å². The zero-order chi connectivity index (χ0) is 19.7. The van der Waals surface area contributed by atoms with Crippen molar-refractivity contribution >= 4 is 28.2 Å². The van der Waals surface area contributed by atoms with E-state index in [1.54, 1.807) is 6.07 Å². The molecule has 1 aliphatic heterocycles. The largest absolute Gasteiger partial charge is 0.372 e. The number of rotatable bonds is 3. The normalized spacial score (nSPS) is 14.3. The number of benzene rings is 2. The van der Waals surface area contributed by atoms with Crippen molar-refractivity contribution in [2.24, 2.45) is 0 Å². The van der Waals surface area contributed by atoms with Gasteiger partial charge in [-0.05, 0) is 80.5 Å². The zero-order valence-corrected chi connectivity index (χ0v) is 16.3. The average molecular weight is 375 g/mol. The summed E-state index contributed by atoms with van der Waals surface area (Å²) in [7, 11) is 0. The maximum Gasteiger partial charge on any atom is 0.261 e. The molecule has 1 fully saturated rings. The third-order valence-electron chi connectivity index (χ3n) is 5.38. The molecule has 1 saturated heterocycles. The molecule has 2 aromatic carbocycles. The van der Waals surface area contributed by atoms with Crippen LogP contribution in [0.25, 0.3) is 10.9 Å². The van der Waals surface area contributed by atoms with Gasteiger partial charge >= 0.3 is 0 Å². The van der Waals surface area contributed by atoms with Gasteiger partial charge in [0.2, 0.25) is 0 Å². The maximum atomic E-state index is 12.7. The summed E-state index contributed by atoms with van der Waals surface area (Å²) in [6, 6.07) is 13.5. The Labute approximate surface area is 164 Å². The Morgan fingerprint density at radius 3 is 2.43 bits per heavy atom. The number of amides is 1. The highest BCUT2D eigenvalue weighted by atomic mass is 16.2. The van der Waals surface area contributed by atoms with Crippen molar-refractivity contribution in [3.05, 3.63) is 69.5 Å². The Kier molecular flexibility index (Phi) is 4.90. The highest BCUT2D eigenvalue weighted by Gasteiger charge is 2.14. The number of nitrogens with zero attached hydrogens (tertiary/aromatic N) is 1. The highest BCUT2D eigenvalue weighted by molar-refractivity contribution is 6.06. The molecule has 28 heavy (non-hydrogen) atoms. The van der Waals surface area contributed by atoms with Crippen LogP contribution in [-0.2, 0) is 0 Å². The number of fused-ring (bicyclic) bond motifs is 1. The van der Waals surface area contributed by atoms with Gasteiger partial charge in [-0.25, -0.2) is 0 Å². The molecule has 0 saturated carbocycles. The molecule has 144 valence electrons. The molecular formula is C23H25N3O2. The minimum Gasteiger partial charge on any atom is -0.372 e. The molecule has 0 spiro atoms. The number of anilines is 2. The number of aromatic amines is 1. The van der Waals surface area contributed by atoms with Crippen LogP contribution in [0.4, 0.5) is 11.4 Å². The second-order valence-corrected chi connectivity index (χ2v) is 7.61. The lowest BCUT2D eigenvalue weighted by Crippen LogP contribution is -2.29. The second kappa shape index (κ2) is 7.50. The predicted molar refractivity (Wildman–Crippen MR) is 115 cm³/mol. The van der Waals surface area contributed by atoms with E-state index < -0.39 is 5.91 Å². The van der Waals surface area contributed by atoms with E-state index in [9.17, 15) is 9.59 Å². The topological polar surface area (TPSA) is 65.2 Å². The molecule has 1 aromatic heterocycles. The van der Waals surface area contributed by atoms with Gasteiger partial charge < -0.3 is 15.2 Å². The number of carbonyl (C=O) groups excluding carboxylic acids is 1. The van der Waals surface area contributed by atoms with Gasteiger partial charge in [0.1, 0.15) is 5.56 Å². The Bertz CT molecular complexity index is 1080. The molecule has 4 rings (SSSR count). The van der Waals surface area contributed by atoms with Crippen molar-refractivity contribution in [1.29, 1.82) is 0 Å². The SMILES string of the molecule is Cc1cc(C)c2[nH]c(=O)c(C(=O)Nc3ccc(N4CCCCC4)cc3)cc2c1. The Hall–Kier alpha value is -3.08. The number of hydrogen-bond donors (Lipinski definition) is 2. The van der Waals surface area contributed by atoms with Crippen molar-refractivity contribution in [2.45, 2.75) is 33.1 Å². The number of carbonyl (C=O) groups is 1. The van der Waals surface area contributed by atoms with E-state index in [-0.39, 0.29) is 11.1 Å². The molecule has 2 N–H and O–H groups in total. The quantitative estimate of drug-likeness (QED) is 0.714. The number of piperidine rings is 1. The first-order chi connectivity index (χ1) is 13.5. The molecule has 2 heterocycles. The fraction of sp³-hybridized carbons (Fsp3) is 0.304. The van der Waals surface area contributed by atoms with Crippen LogP contribution in [0.5, 0.6) is 0 Å². The van der Waals surface area contributed by atoms with Gasteiger partial charge in [0.05, 0.1) is 5.52 Å². The Morgan fingerprint density at radius 1 is 1.00 bits per heavy atom. The third-order valence-corrected chi connectivity index (χ3v) is 5.38. The fourth-order valence-corrected chi connectivity index (χ4v) is 3.96. The highest BCUT2D eigenvalue weighted by Crippen LogP contribution is 2.22. The van der Waals surface area contributed by atoms with Gasteiger partial charge in [0.15, 0.2) is 0 Å². The molecule has 0 atom stereocenters. The minimum atomic E-state index is -0.395. The third kappa shape index (κ3) is 3.65. The van der Waals surface area contributed by atoms with Crippen LogP contribution in [0.1, 0.15) is 40.7 Å². The van der Waals surface area contributed by atoms with Gasteiger partial charge in [-0.2, -0.15) is 0 Å². The minimum absolute atomic E-state index is 0.123. The smallest absolute Gasteiger partial charge is 0.261 e. The summed E-state index contributed by atoms with van der Waals surface area (Å²) in [5, 5.41) is 3.71. The van der Waals surface area contributed by atoms with Gasteiger partial charge in [-0.15, -0.1) is 0 Å². The van der Waals surface area contributed by atoms with E-state index in [1.165, 1.54) is 24.9 Å². The molecular weight excluding hydrogens is 350 g/mol. The number of nitrogens with one attached hydrogen (secondary N) is 2. The molecule has 0 unspecified atom stereocenters.